The fourth-order valence-electron chi connectivity index (χ4n) is 1.96. The topological polar surface area (TPSA) is 49.8 Å². The van der Waals surface area contributed by atoms with E-state index in [1.54, 1.807) is 7.05 Å². The molecule has 2 aromatic heterocycles. The summed E-state index contributed by atoms with van der Waals surface area (Å²) in [7, 11) is 1.73. The van der Waals surface area contributed by atoms with Crippen LogP contribution in [0.2, 0.25) is 0 Å². The van der Waals surface area contributed by atoms with Gasteiger partial charge in [-0.05, 0) is 29.6 Å². The zero-order valence-corrected chi connectivity index (χ0v) is 12.0. The summed E-state index contributed by atoms with van der Waals surface area (Å²) >= 11 is 1.49. The van der Waals surface area contributed by atoms with E-state index in [0.29, 0.717) is 11.8 Å². The van der Waals surface area contributed by atoms with Crippen LogP contribution in [0.5, 0.6) is 0 Å². The second-order valence-electron chi connectivity index (χ2n) is 4.37. The third kappa shape index (κ3) is 2.78. The molecule has 0 fully saturated rings. The van der Waals surface area contributed by atoms with E-state index in [2.05, 4.69) is 20.6 Å². The van der Waals surface area contributed by atoms with Gasteiger partial charge in [-0.3, -0.25) is 0 Å². The van der Waals surface area contributed by atoms with Crippen molar-refractivity contribution in [2.75, 3.05) is 17.7 Å². The Kier molecular flexibility index (Phi) is 3.66. The van der Waals surface area contributed by atoms with Crippen molar-refractivity contribution in [2.45, 2.75) is 6.54 Å². The van der Waals surface area contributed by atoms with Crippen molar-refractivity contribution in [3.05, 3.63) is 46.8 Å². The molecule has 0 amide bonds. The van der Waals surface area contributed by atoms with Crippen LogP contribution in [0, 0.1) is 11.6 Å². The summed E-state index contributed by atoms with van der Waals surface area (Å²) in [6.07, 6.45) is 0. The van der Waals surface area contributed by atoms with Gasteiger partial charge in [-0.1, -0.05) is 0 Å². The van der Waals surface area contributed by atoms with Gasteiger partial charge in [0.1, 0.15) is 22.3 Å². The number of nitrogens with zero attached hydrogens (tertiary/aromatic N) is 2. The van der Waals surface area contributed by atoms with Crippen LogP contribution in [-0.2, 0) is 6.54 Å². The van der Waals surface area contributed by atoms with Gasteiger partial charge in [0.15, 0.2) is 0 Å². The summed E-state index contributed by atoms with van der Waals surface area (Å²) in [4.78, 5) is 9.47. The van der Waals surface area contributed by atoms with Crippen LogP contribution in [0.4, 0.5) is 20.5 Å². The van der Waals surface area contributed by atoms with Crippen LogP contribution in [0.3, 0.4) is 0 Å². The Morgan fingerprint density at radius 3 is 2.86 bits per heavy atom. The lowest BCUT2D eigenvalue weighted by Gasteiger charge is -2.09. The molecule has 0 saturated carbocycles. The lowest BCUT2D eigenvalue weighted by Crippen LogP contribution is -2.06. The van der Waals surface area contributed by atoms with Gasteiger partial charge in [-0.15, -0.1) is 11.3 Å². The number of fused-ring (bicyclic) bond motifs is 1. The fourth-order valence-corrected chi connectivity index (χ4v) is 2.72. The molecule has 4 nitrogen and oxygen atoms in total. The predicted molar refractivity (Wildman–Crippen MR) is 80.6 cm³/mol. The highest BCUT2D eigenvalue weighted by atomic mass is 32.1. The maximum Gasteiger partial charge on any atom is 0.225 e. The number of thiophene rings is 1. The highest BCUT2D eigenvalue weighted by Gasteiger charge is 2.09. The van der Waals surface area contributed by atoms with E-state index < -0.39 is 11.6 Å². The number of rotatable bonds is 4. The van der Waals surface area contributed by atoms with Gasteiger partial charge in [-0.2, -0.15) is 4.98 Å². The average Bonchev–Trinajstić information content (AvgIpc) is 2.96. The van der Waals surface area contributed by atoms with E-state index in [9.17, 15) is 8.78 Å². The summed E-state index contributed by atoms with van der Waals surface area (Å²) in [5.41, 5.74) is 0.253. The van der Waals surface area contributed by atoms with Gasteiger partial charge in [0.25, 0.3) is 0 Å². The van der Waals surface area contributed by atoms with Gasteiger partial charge in [-0.25, -0.2) is 13.8 Å². The SMILES string of the molecule is CNc1nc(NCc2cc(F)ccc2F)c2ccsc2n1. The van der Waals surface area contributed by atoms with Crippen LogP contribution in [0.25, 0.3) is 10.2 Å². The molecule has 0 atom stereocenters. The molecule has 3 aromatic rings. The normalized spacial score (nSPS) is 10.8. The molecule has 2 N–H and O–H groups in total. The molecule has 0 aliphatic heterocycles. The smallest absolute Gasteiger partial charge is 0.225 e. The van der Waals surface area contributed by atoms with Crippen molar-refractivity contribution in [1.29, 1.82) is 0 Å². The van der Waals surface area contributed by atoms with Crippen molar-refractivity contribution < 1.29 is 8.78 Å². The molecular weight excluding hydrogens is 294 g/mol. The standard InChI is InChI=1S/C14H12F2N4S/c1-17-14-19-12(10-4-5-21-13(10)20-14)18-7-8-6-9(15)2-3-11(8)16/h2-6H,7H2,1H3,(H2,17,18,19,20). The maximum atomic E-state index is 13.6. The first-order valence-corrected chi connectivity index (χ1v) is 7.16. The van der Waals surface area contributed by atoms with Crippen molar-refractivity contribution in [3.63, 3.8) is 0 Å². The summed E-state index contributed by atoms with van der Waals surface area (Å²) in [6.45, 7) is 0.148. The number of halogens is 2. The van der Waals surface area contributed by atoms with Crippen molar-refractivity contribution >= 4 is 33.3 Å². The Labute approximate surface area is 123 Å². The average molecular weight is 306 g/mol. The molecule has 7 heteroatoms. The van der Waals surface area contributed by atoms with Crippen LogP contribution in [-0.4, -0.2) is 17.0 Å². The lowest BCUT2D eigenvalue weighted by atomic mass is 10.2. The first-order valence-electron chi connectivity index (χ1n) is 6.28. The Morgan fingerprint density at radius 2 is 2.05 bits per heavy atom. The van der Waals surface area contributed by atoms with Gasteiger partial charge < -0.3 is 10.6 Å². The molecule has 1 aromatic carbocycles. The first-order chi connectivity index (χ1) is 10.2. The Bertz CT molecular complexity index is 788. The Hall–Kier alpha value is -2.28. The van der Waals surface area contributed by atoms with Crippen molar-refractivity contribution in [3.8, 4) is 0 Å². The zero-order valence-electron chi connectivity index (χ0n) is 11.2. The van der Waals surface area contributed by atoms with Gasteiger partial charge in [0.05, 0.1) is 5.39 Å². The van der Waals surface area contributed by atoms with Gasteiger partial charge >= 0.3 is 0 Å². The molecule has 0 aliphatic rings. The van der Waals surface area contributed by atoms with Crippen LogP contribution in [0.1, 0.15) is 5.56 Å². The van der Waals surface area contributed by atoms with Crippen molar-refractivity contribution in [2.24, 2.45) is 0 Å². The minimum Gasteiger partial charge on any atom is -0.365 e. The number of nitrogens with one attached hydrogen (secondary N) is 2. The summed E-state index contributed by atoms with van der Waals surface area (Å²) < 4.78 is 26.8. The second kappa shape index (κ2) is 5.61. The monoisotopic (exact) mass is 306 g/mol. The number of hydrogen-bond acceptors (Lipinski definition) is 5. The molecule has 0 saturated heterocycles. The first kappa shape index (κ1) is 13.7. The summed E-state index contributed by atoms with van der Waals surface area (Å²) in [6, 6.07) is 5.28. The van der Waals surface area contributed by atoms with Crippen LogP contribution >= 0.6 is 11.3 Å². The van der Waals surface area contributed by atoms with Gasteiger partial charge in [0, 0.05) is 19.2 Å². The molecule has 0 spiro atoms. The minimum absolute atomic E-state index is 0.148. The lowest BCUT2D eigenvalue weighted by molar-refractivity contribution is 0.587. The fraction of sp³-hybridized carbons (Fsp3) is 0.143. The Balaban J connectivity index is 1.91. The number of anilines is 2. The van der Waals surface area contributed by atoms with Crippen molar-refractivity contribution in [1.82, 2.24) is 9.97 Å². The van der Waals surface area contributed by atoms with Crippen LogP contribution < -0.4 is 10.6 Å². The van der Waals surface area contributed by atoms with E-state index in [-0.39, 0.29) is 12.1 Å². The highest BCUT2D eigenvalue weighted by molar-refractivity contribution is 7.16. The molecule has 0 radical (unpaired) electrons. The zero-order chi connectivity index (χ0) is 14.8. The van der Waals surface area contributed by atoms with E-state index in [1.165, 1.54) is 17.4 Å². The molecule has 0 unspecified atom stereocenters. The van der Waals surface area contributed by atoms with Crippen LogP contribution in [0.15, 0.2) is 29.6 Å². The number of hydrogen-bond donors (Lipinski definition) is 2. The molecule has 21 heavy (non-hydrogen) atoms. The molecule has 0 bridgehead atoms. The molecule has 0 aliphatic carbocycles. The molecule has 108 valence electrons. The van der Waals surface area contributed by atoms with E-state index in [4.69, 9.17) is 0 Å². The molecule has 3 rings (SSSR count). The van der Waals surface area contributed by atoms with E-state index >= 15 is 0 Å². The summed E-state index contributed by atoms with van der Waals surface area (Å²) in [5.74, 6) is 0.155. The third-order valence-corrected chi connectivity index (χ3v) is 3.81. The largest absolute Gasteiger partial charge is 0.365 e. The highest BCUT2D eigenvalue weighted by Crippen LogP contribution is 2.26. The summed E-state index contributed by atoms with van der Waals surface area (Å²) in [5, 5.41) is 8.69. The number of benzene rings is 1. The second-order valence-corrected chi connectivity index (χ2v) is 5.27. The van der Waals surface area contributed by atoms with E-state index in [0.717, 1.165) is 22.3 Å². The Morgan fingerprint density at radius 1 is 1.19 bits per heavy atom. The third-order valence-electron chi connectivity index (χ3n) is 3.00. The van der Waals surface area contributed by atoms with Gasteiger partial charge in [0.2, 0.25) is 5.95 Å². The predicted octanol–water partition coefficient (Wildman–Crippen LogP) is 3.62. The quantitative estimate of drug-likeness (QED) is 0.773. The molecule has 2 heterocycles. The minimum atomic E-state index is -0.465. The number of aromatic nitrogens is 2. The van der Waals surface area contributed by atoms with E-state index in [1.807, 2.05) is 11.4 Å². The molecular formula is C14H12F2N4S. The maximum absolute atomic E-state index is 13.6.